The molecule has 1 heterocycles. The second-order valence-corrected chi connectivity index (χ2v) is 5.68. The van der Waals surface area contributed by atoms with Gasteiger partial charge in [-0.15, -0.1) is 0 Å². The number of rotatable bonds is 4. The molecule has 1 aromatic rings. The van der Waals surface area contributed by atoms with Crippen molar-refractivity contribution in [3.05, 3.63) is 28.2 Å². The van der Waals surface area contributed by atoms with Gasteiger partial charge in [-0.3, -0.25) is 4.79 Å². The average Bonchev–Trinajstić information content (AvgIpc) is 2.41. The first-order valence-corrected chi connectivity index (χ1v) is 7.33. The molecule has 0 spiro atoms. The molecule has 0 radical (unpaired) electrons. The van der Waals surface area contributed by atoms with Crippen LogP contribution in [0.25, 0.3) is 0 Å². The minimum atomic E-state index is -0.0936. The van der Waals surface area contributed by atoms with Gasteiger partial charge in [0, 0.05) is 10.2 Å². The summed E-state index contributed by atoms with van der Waals surface area (Å²) in [5, 5.41) is 6.15. The van der Waals surface area contributed by atoms with E-state index in [1.807, 2.05) is 25.1 Å². The predicted octanol–water partition coefficient (Wildman–Crippen LogP) is 2.46. The standard InChI is InChI=1S/C14H19BrN2O2/c1-10-8-11(15)2-3-13(10)17-14(18)9-19-12-4-6-16-7-5-12/h2-3,8,12,16H,4-7,9H2,1H3,(H,17,18). The lowest BCUT2D eigenvalue weighted by molar-refractivity contribution is -0.123. The van der Waals surface area contributed by atoms with Crippen LogP contribution >= 0.6 is 15.9 Å². The number of hydrogen-bond acceptors (Lipinski definition) is 3. The van der Waals surface area contributed by atoms with Crippen LogP contribution in [0.3, 0.4) is 0 Å². The second kappa shape index (κ2) is 7.03. The minimum absolute atomic E-state index is 0.0936. The lowest BCUT2D eigenvalue weighted by atomic mass is 10.1. The predicted molar refractivity (Wildman–Crippen MR) is 79.4 cm³/mol. The highest BCUT2D eigenvalue weighted by atomic mass is 79.9. The number of carbonyl (C=O) groups excluding carboxylic acids is 1. The molecule has 0 aliphatic carbocycles. The fourth-order valence-corrected chi connectivity index (χ4v) is 2.58. The van der Waals surface area contributed by atoms with Gasteiger partial charge in [0.25, 0.3) is 0 Å². The second-order valence-electron chi connectivity index (χ2n) is 4.77. The van der Waals surface area contributed by atoms with Crippen molar-refractivity contribution in [1.82, 2.24) is 5.32 Å². The first-order chi connectivity index (χ1) is 9.15. The summed E-state index contributed by atoms with van der Waals surface area (Å²) in [7, 11) is 0. The Hall–Kier alpha value is -0.910. The maximum Gasteiger partial charge on any atom is 0.250 e. The summed E-state index contributed by atoms with van der Waals surface area (Å²) in [5.74, 6) is -0.0936. The van der Waals surface area contributed by atoms with Crippen molar-refractivity contribution in [3.8, 4) is 0 Å². The zero-order chi connectivity index (χ0) is 13.7. The van der Waals surface area contributed by atoms with Crippen molar-refractivity contribution in [2.75, 3.05) is 25.0 Å². The Morgan fingerprint density at radius 2 is 2.21 bits per heavy atom. The Balaban J connectivity index is 1.80. The van der Waals surface area contributed by atoms with Gasteiger partial charge in [0.1, 0.15) is 6.61 Å². The van der Waals surface area contributed by atoms with Crippen LogP contribution in [-0.4, -0.2) is 31.7 Å². The molecule has 1 aliphatic heterocycles. The van der Waals surface area contributed by atoms with Gasteiger partial charge in [-0.2, -0.15) is 0 Å². The molecule has 1 amide bonds. The molecule has 0 unspecified atom stereocenters. The molecule has 1 aromatic carbocycles. The van der Waals surface area contributed by atoms with Crippen LogP contribution in [0.4, 0.5) is 5.69 Å². The van der Waals surface area contributed by atoms with Crippen molar-refractivity contribution < 1.29 is 9.53 Å². The van der Waals surface area contributed by atoms with Gasteiger partial charge in [-0.25, -0.2) is 0 Å². The van der Waals surface area contributed by atoms with Crippen LogP contribution in [0.1, 0.15) is 18.4 Å². The molecule has 19 heavy (non-hydrogen) atoms. The highest BCUT2D eigenvalue weighted by molar-refractivity contribution is 9.10. The molecule has 2 N–H and O–H groups in total. The number of anilines is 1. The zero-order valence-electron chi connectivity index (χ0n) is 11.0. The lowest BCUT2D eigenvalue weighted by Crippen LogP contribution is -2.34. The number of benzene rings is 1. The molecule has 0 saturated carbocycles. The number of amides is 1. The van der Waals surface area contributed by atoms with Crippen LogP contribution in [0.2, 0.25) is 0 Å². The number of carbonyl (C=O) groups is 1. The van der Waals surface area contributed by atoms with E-state index in [4.69, 9.17) is 4.74 Å². The first kappa shape index (κ1) is 14.5. The lowest BCUT2D eigenvalue weighted by Gasteiger charge is -2.22. The van der Waals surface area contributed by atoms with E-state index in [9.17, 15) is 4.79 Å². The Bertz CT molecular complexity index is 445. The number of aryl methyl sites for hydroxylation is 1. The van der Waals surface area contributed by atoms with Gasteiger partial charge in [-0.05, 0) is 56.6 Å². The number of halogens is 1. The van der Waals surface area contributed by atoms with E-state index in [0.717, 1.165) is 41.7 Å². The van der Waals surface area contributed by atoms with Crippen LogP contribution < -0.4 is 10.6 Å². The van der Waals surface area contributed by atoms with Crippen molar-refractivity contribution in [2.24, 2.45) is 0 Å². The molecule has 1 fully saturated rings. The maximum absolute atomic E-state index is 11.8. The van der Waals surface area contributed by atoms with Gasteiger partial charge < -0.3 is 15.4 Å². The highest BCUT2D eigenvalue weighted by Gasteiger charge is 2.15. The van der Waals surface area contributed by atoms with Gasteiger partial charge in [0.2, 0.25) is 5.91 Å². The molecule has 104 valence electrons. The molecular weight excluding hydrogens is 308 g/mol. The number of ether oxygens (including phenoxy) is 1. The molecular formula is C14H19BrN2O2. The van der Waals surface area contributed by atoms with Crippen LogP contribution in [0, 0.1) is 6.92 Å². The quantitative estimate of drug-likeness (QED) is 0.893. The van der Waals surface area contributed by atoms with E-state index in [1.54, 1.807) is 0 Å². The van der Waals surface area contributed by atoms with Gasteiger partial charge in [0.15, 0.2) is 0 Å². The van der Waals surface area contributed by atoms with Crippen molar-refractivity contribution in [2.45, 2.75) is 25.9 Å². The van der Waals surface area contributed by atoms with Crippen LogP contribution in [0.5, 0.6) is 0 Å². The van der Waals surface area contributed by atoms with E-state index in [1.165, 1.54) is 0 Å². The molecule has 0 aromatic heterocycles. The number of piperidine rings is 1. The highest BCUT2D eigenvalue weighted by Crippen LogP contribution is 2.20. The maximum atomic E-state index is 11.8. The molecule has 0 bridgehead atoms. The number of hydrogen-bond donors (Lipinski definition) is 2. The topological polar surface area (TPSA) is 50.4 Å². The fraction of sp³-hybridized carbons (Fsp3) is 0.500. The Morgan fingerprint density at radius 3 is 2.89 bits per heavy atom. The smallest absolute Gasteiger partial charge is 0.250 e. The normalized spacial score (nSPS) is 16.3. The molecule has 4 nitrogen and oxygen atoms in total. The molecule has 2 rings (SSSR count). The Kier molecular flexibility index (Phi) is 5.36. The van der Waals surface area contributed by atoms with Crippen molar-refractivity contribution in [3.63, 3.8) is 0 Å². The Labute approximate surface area is 122 Å². The van der Waals surface area contributed by atoms with Crippen LogP contribution in [0.15, 0.2) is 22.7 Å². The third-order valence-electron chi connectivity index (χ3n) is 3.20. The largest absolute Gasteiger partial charge is 0.368 e. The third kappa shape index (κ3) is 4.60. The number of nitrogens with one attached hydrogen (secondary N) is 2. The van der Waals surface area contributed by atoms with Crippen molar-refractivity contribution >= 4 is 27.5 Å². The molecule has 5 heteroatoms. The summed E-state index contributed by atoms with van der Waals surface area (Å²) in [6.07, 6.45) is 2.16. The molecule has 1 aliphatic rings. The summed E-state index contributed by atoms with van der Waals surface area (Å²) < 4.78 is 6.63. The van der Waals surface area contributed by atoms with E-state index in [0.29, 0.717) is 0 Å². The van der Waals surface area contributed by atoms with Gasteiger partial charge >= 0.3 is 0 Å². The van der Waals surface area contributed by atoms with E-state index >= 15 is 0 Å². The van der Waals surface area contributed by atoms with Crippen molar-refractivity contribution in [1.29, 1.82) is 0 Å². The summed E-state index contributed by atoms with van der Waals surface area (Å²) in [4.78, 5) is 11.8. The Morgan fingerprint density at radius 1 is 1.47 bits per heavy atom. The molecule has 0 atom stereocenters. The zero-order valence-corrected chi connectivity index (χ0v) is 12.6. The SMILES string of the molecule is Cc1cc(Br)ccc1NC(=O)COC1CCNCC1. The summed E-state index contributed by atoms with van der Waals surface area (Å²) in [5.41, 5.74) is 1.87. The monoisotopic (exact) mass is 326 g/mol. The molecule has 1 saturated heterocycles. The van der Waals surface area contributed by atoms with E-state index < -0.39 is 0 Å². The minimum Gasteiger partial charge on any atom is -0.368 e. The first-order valence-electron chi connectivity index (χ1n) is 6.53. The summed E-state index contributed by atoms with van der Waals surface area (Å²) >= 11 is 3.40. The van der Waals surface area contributed by atoms with E-state index in [2.05, 4.69) is 26.6 Å². The summed E-state index contributed by atoms with van der Waals surface area (Å²) in [6.45, 7) is 4.03. The van der Waals surface area contributed by atoms with Gasteiger partial charge in [0.05, 0.1) is 6.10 Å². The summed E-state index contributed by atoms with van der Waals surface area (Å²) in [6, 6.07) is 5.78. The van der Waals surface area contributed by atoms with Gasteiger partial charge in [-0.1, -0.05) is 15.9 Å². The fourth-order valence-electron chi connectivity index (χ4n) is 2.11. The van der Waals surface area contributed by atoms with E-state index in [-0.39, 0.29) is 18.6 Å². The van der Waals surface area contributed by atoms with Crippen LogP contribution in [-0.2, 0) is 9.53 Å². The third-order valence-corrected chi connectivity index (χ3v) is 3.69. The average molecular weight is 327 g/mol.